The molecule has 0 saturated carbocycles. The van der Waals surface area contributed by atoms with E-state index in [0.717, 1.165) is 5.56 Å². The molecular formula is C24H25N5O3. The molecule has 8 nitrogen and oxygen atoms in total. The van der Waals surface area contributed by atoms with Gasteiger partial charge in [-0.1, -0.05) is 18.2 Å². The number of amides is 2. The Bertz CT molecular complexity index is 1100. The zero-order valence-corrected chi connectivity index (χ0v) is 18.0. The number of hydrogen-bond acceptors (Lipinski definition) is 5. The smallest absolute Gasteiger partial charge is 0.258 e. The summed E-state index contributed by atoms with van der Waals surface area (Å²) in [5, 5.41) is 8.65. The van der Waals surface area contributed by atoms with E-state index in [9.17, 15) is 9.59 Å². The van der Waals surface area contributed by atoms with Gasteiger partial charge in [0.25, 0.3) is 5.91 Å². The van der Waals surface area contributed by atoms with Crippen LogP contribution in [0.5, 0.6) is 5.75 Å². The van der Waals surface area contributed by atoms with Crippen molar-refractivity contribution in [2.45, 2.75) is 20.4 Å². The van der Waals surface area contributed by atoms with Crippen LogP contribution in [0, 0.1) is 0 Å². The lowest BCUT2D eigenvalue weighted by Gasteiger charge is -2.15. The molecule has 0 fully saturated rings. The molecule has 0 radical (unpaired) electrons. The number of ether oxygens (including phenoxy) is 1. The van der Waals surface area contributed by atoms with Crippen molar-refractivity contribution in [1.29, 1.82) is 0 Å². The number of benzene rings is 2. The number of para-hydroxylation sites is 2. The first-order valence-electron chi connectivity index (χ1n) is 10.2. The van der Waals surface area contributed by atoms with Gasteiger partial charge in [-0.2, -0.15) is 0 Å². The molecule has 3 aromatic rings. The van der Waals surface area contributed by atoms with Crippen LogP contribution < -0.4 is 20.7 Å². The lowest BCUT2D eigenvalue weighted by Crippen LogP contribution is -2.36. The molecule has 1 heterocycles. The highest BCUT2D eigenvalue weighted by molar-refractivity contribution is 6.10. The molecule has 3 rings (SSSR count). The summed E-state index contributed by atoms with van der Waals surface area (Å²) >= 11 is 0. The SMILES string of the molecule is CCOc1ccccc1NC(=NCc1ccncc1)NC(=O)c1cccc(NC(C)=O)c1. The third-order valence-corrected chi connectivity index (χ3v) is 4.29. The Hall–Kier alpha value is -4.20. The fourth-order valence-electron chi connectivity index (χ4n) is 2.87. The molecule has 2 aromatic carbocycles. The van der Waals surface area contributed by atoms with Crippen LogP contribution in [-0.4, -0.2) is 29.4 Å². The maximum Gasteiger partial charge on any atom is 0.258 e. The topological polar surface area (TPSA) is 105 Å². The lowest BCUT2D eigenvalue weighted by molar-refractivity contribution is -0.114. The molecule has 0 atom stereocenters. The van der Waals surface area contributed by atoms with Crippen LogP contribution in [-0.2, 0) is 11.3 Å². The van der Waals surface area contributed by atoms with E-state index in [1.807, 2.05) is 43.3 Å². The molecule has 0 unspecified atom stereocenters. The molecule has 2 amide bonds. The van der Waals surface area contributed by atoms with E-state index >= 15 is 0 Å². The van der Waals surface area contributed by atoms with Gasteiger partial charge in [0.1, 0.15) is 5.75 Å². The standard InChI is InChI=1S/C24H25N5O3/c1-3-32-22-10-5-4-9-21(22)28-24(26-16-18-11-13-25-14-12-18)29-23(31)19-7-6-8-20(15-19)27-17(2)30/h4-15H,3,16H2,1-2H3,(H,27,30)(H2,26,28,29,31). The van der Waals surface area contributed by atoms with Gasteiger partial charge >= 0.3 is 0 Å². The molecule has 0 aliphatic rings. The maximum absolute atomic E-state index is 12.9. The number of rotatable bonds is 7. The summed E-state index contributed by atoms with van der Waals surface area (Å²) in [7, 11) is 0. The van der Waals surface area contributed by atoms with Crippen molar-refractivity contribution in [1.82, 2.24) is 10.3 Å². The molecule has 3 N–H and O–H groups in total. The number of anilines is 2. The Labute approximate surface area is 186 Å². The van der Waals surface area contributed by atoms with E-state index in [-0.39, 0.29) is 17.8 Å². The second-order valence-corrected chi connectivity index (χ2v) is 6.79. The average molecular weight is 431 g/mol. The first-order valence-corrected chi connectivity index (χ1v) is 10.2. The second kappa shape index (κ2) is 11.3. The summed E-state index contributed by atoms with van der Waals surface area (Å²) in [6.45, 7) is 4.16. The summed E-state index contributed by atoms with van der Waals surface area (Å²) in [5.41, 5.74) is 2.54. The van der Waals surface area contributed by atoms with Crippen molar-refractivity contribution in [2.24, 2.45) is 4.99 Å². The van der Waals surface area contributed by atoms with Crippen molar-refractivity contribution in [3.63, 3.8) is 0 Å². The minimum Gasteiger partial charge on any atom is -0.492 e. The van der Waals surface area contributed by atoms with Crippen LogP contribution >= 0.6 is 0 Å². The number of carbonyl (C=O) groups excluding carboxylic acids is 2. The van der Waals surface area contributed by atoms with Crippen molar-refractivity contribution in [3.05, 3.63) is 84.2 Å². The summed E-state index contributed by atoms with van der Waals surface area (Å²) in [4.78, 5) is 32.8. The molecule has 0 saturated heterocycles. The van der Waals surface area contributed by atoms with Crippen LogP contribution in [0.15, 0.2) is 78.0 Å². The molecule has 8 heteroatoms. The number of aromatic nitrogens is 1. The van der Waals surface area contributed by atoms with Crippen LogP contribution in [0.4, 0.5) is 11.4 Å². The van der Waals surface area contributed by atoms with Crippen LogP contribution in [0.2, 0.25) is 0 Å². The number of aliphatic imine (C=N–C) groups is 1. The molecule has 0 aliphatic carbocycles. The Balaban J connectivity index is 1.84. The average Bonchev–Trinajstić information content (AvgIpc) is 2.79. The van der Waals surface area contributed by atoms with E-state index in [2.05, 4.69) is 25.9 Å². The molecule has 1 aromatic heterocycles. The second-order valence-electron chi connectivity index (χ2n) is 6.79. The van der Waals surface area contributed by atoms with E-state index in [1.54, 1.807) is 36.7 Å². The summed E-state index contributed by atoms with van der Waals surface area (Å²) < 4.78 is 5.66. The van der Waals surface area contributed by atoms with E-state index in [0.29, 0.717) is 35.8 Å². The number of hydrogen-bond donors (Lipinski definition) is 3. The van der Waals surface area contributed by atoms with Crippen LogP contribution in [0.3, 0.4) is 0 Å². The lowest BCUT2D eigenvalue weighted by atomic mass is 10.2. The first-order chi connectivity index (χ1) is 15.5. The van der Waals surface area contributed by atoms with Crippen molar-refractivity contribution in [2.75, 3.05) is 17.2 Å². The van der Waals surface area contributed by atoms with Gasteiger partial charge in [0.05, 0.1) is 18.8 Å². The van der Waals surface area contributed by atoms with Crippen molar-refractivity contribution < 1.29 is 14.3 Å². The third-order valence-electron chi connectivity index (χ3n) is 4.29. The number of pyridine rings is 1. The minimum absolute atomic E-state index is 0.212. The van der Waals surface area contributed by atoms with Crippen molar-refractivity contribution in [3.8, 4) is 5.75 Å². The van der Waals surface area contributed by atoms with Gasteiger partial charge in [-0.25, -0.2) is 4.99 Å². The van der Waals surface area contributed by atoms with Crippen molar-refractivity contribution >= 4 is 29.1 Å². The first kappa shape index (κ1) is 22.5. The molecular weight excluding hydrogens is 406 g/mol. The van der Waals surface area contributed by atoms with Crippen LogP contribution in [0.25, 0.3) is 0 Å². The largest absolute Gasteiger partial charge is 0.492 e. The number of nitrogens with one attached hydrogen (secondary N) is 3. The fourth-order valence-corrected chi connectivity index (χ4v) is 2.87. The molecule has 32 heavy (non-hydrogen) atoms. The Morgan fingerprint density at radius 1 is 1.00 bits per heavy atom. The summed E-state index contributed by atoms with van der Waals surface area (Å²) in [6.07, 6.45) is 3.38. The quantitative estimate of drug-likeness (QED) is 0.389. The minimum atomic E-state index is -0.368. The molecule has 0 spiro atoms. The maximum atomic E-state index is 12.9. The van der Waals surface area contributed by atoms with Gasteiger partial charge < -0.3 is 15.4 Å². The predicted octanol–water partition coefficient (Wildman–Crippen LogP) is 3.84. The highest BCUT2D eigenvalue weighted by atomic mass is 16.5. The van der Waals surface area contributed by atoms with Gasteiger partial charge in [0, 0.05) is 30.6 Å². The molecule has 0 bridgehead atoms. The zero-order valence-electron chi connectivity index (χ0n) is 18.0. The zero-order chi connectivity index (χ0) is 22.8. The highest BCUT2D eigenvalue weighted by Crippen LogP contribution is 2.23. The van der Waals surface area contributed by atoms with Crippen LogP contribution in [0.1, 0.15) is 29.8 Å². The van der Waals surface area contributed by atoms with Gasteiger partial charge in [-0.3, -0.25) is 19.9 Å². The molecule has 0 aliphatic heterocycles. The summed E-state index contributed by atoms with van der Waals surface area (Å²) in [6, 6.07) is 17.8. The normalized spacial score (nSPS) is 10.9. The molecule has 164 valence electrons. The number of carbonyl (C=O) groups is 2. The van der Waals surface area contributed by atoms with Gasteiger partial charge in [0.15, 0.2) is 0 Å². The van der Waals surface area contributed by atoms with Gasteiger partial charge in [-0.05, 0) is 55.0 Å². The number of guanidine groups is 1. The number of nitrogens with zero attached hydrogens (tertiary/aromatic N) is 2. The highest BCUT2D eigenvalue weighted by Gasteiger charge is 2.12. The van der Waals surface area contributed by atoms with Gasteiger partial charge in [0.2, 0.25) is 11.9 Å². The predicted molar refractivity (Wildman–Crippen MR) is 125 cm³/mol. The van der Waals surface area contributed by atoms with E-state index in [4.69, 9.17) is 4.74 Å². The van der Waals surface area contributed by atoms with E-state index in [1.165, 1.54) is 6.92 Å². The Kier molecular flexibility index (Phi) is 7.91. The third kappa shape index (κ3) is 6.66. The monoisotopic (exact) mass is 431 g/mol. The van der Waals surface area contributed by atoms with Gasteiger partial charge in [-0.15, -0.1) is 0 Å². The Morgan fingerprint density at radius 3 is 2.53 bits per heavy atom. The summed E-state index contributed by atoms with van der Waals surface area (Å²) in [5.74, 6) is 0.334. The Morgan fingerprint density at radius 2 is 1.78 bits per heavy atom. The fraction of sp³-hybridized carbons (Fsp3) is 0.167. The van der Waals surface area contributed by atoms with E-state index < -0.39 is 0 Å².